The second-order valence-electron chi connectivity index (χ2n) is 8.18. The number of sulfonamides is 1. The number of nitrogens with two attached hydrogens (primary N) is 1. The largest absolute Gasteiger partial charge is 0.369 e. The maximum atomic E-state index is 12.6. The molecule has 0 radical (unpaired) electrons. The maximum Gasteiger partial charge on any atom is 0.240 e. The Morgan fingerprint density at radius 2 is 1.86 bits per heavy atom. The molecule has 7 heteroatoms. The van der Waals surface area contributed by atoms with E-state index in [1.165, 1.54) is 12.8 Å². The number of hydrogen-bond donors (Lipinski definition) is 2. The zero-order chi connectivity index (χ0) is 20.5. The lowest BCUT2D eigenvalue weighted by Crippen LogP contribution is -2.32. The Bertz CT molecular complexity index is 970. The molecule has 6 nitrogen and oxygen atoms in total. The van der Waals surface area contributed by atoms with Crippen LogP contribution >= 0.6 is 0 Å². The van der Waals surface area contributed by atoms with E-state index in [2.05, 4.69) is 9.71 Å². The molecule has 1 aromatic carbocycles. The van der Waals surface area contributed by atoms with E-state index in [0.29, 0.717) is 18.3 Å². The van der Waals surface area contributed by atoms with Gasteiger partial charge in [-0.2, -0.15) is 0 Å². The second kappa shape index (κ2) is 7.88. The van der Waals surface area contributed by atoms with Gasteiger partial charge in [-0.1, -0.05) is 43.9 Å². The van der Waals surface area contributed by atoms with Crippen LogP contribution in [0, 0.1) is 11.8 Å². The van der Waals surface area contributed by atoms with E-state index < -0.39 is 15.4 Å². The minimum absolute atomic E-state index is 0.194. The van der Waals surface area contributed by atoms with Gasteiger partial charge in [0.15, 0.2) is 0 Å². The number of carbonyl (C=O) groups is 1. The number of hydrogen-bond acceptors (Lipinski definition) is 4. The second-order valence-corrected chi connectivity index (χ2v) is 9.95. The van der Waals surface area contributed by atoms with Crippen LogP contribution in [0.25, 0.3) is 0 Å². The zero-order valence-corrected chi connectivity index (χ0v) is 17.2. The van der Waals surface area contributed by atoms with Crippen LogP contribution in [0.2, 0.25) is 0 Å². The molecule has 29 heavy (non-hydrogen) atoms. The van der Waals surface area contributed by atoms with Crippen LogP contribution in [0.4, 0.5) is 0 Å². The van der Waals surface area contributed by atoms with Crippen LogP contribution in [-0.2, 0) is 26.7 Å². The third-order valence-electron chi connectivity index (χ3n) is 6.50. The van der Waals surface area contributed by atoms with E-state index >= 15 is 0 Å². The van der Waals surface area contributed by atoms with E-state index in [4.69, 9.17) is 5.73 Å². The van der Waals surface area contributed by atoms with Crippen LogP contribution in [0.15, 0.2) is 53.6 Å². The molecule has 1 heterocycles. The van der Waals surface area contributed by atoms with E-state index in [-0.39, 0.29) is 17.3 Å². The highest BCUT2D eigenvalue weighted by Crippen LogP contribution is 2.60. The Hall–Kier alpha value is -2.25. The number of pyridine rings is 1. The van der Waals surface area contributed by atoms with Crippen molar-refractivity contribution in [2.24, 2.45) is 17.6 Å². The van der Waals surface area contributed by atoms with Gasteiger partial charge in [0.2, 0.25) is 15.9 Å². The zero-order valence-electron chi connectivity index (χ0n) is 16.4. The average molecular weight is 414 g/mol. The number of carbonyl (C=O) groups excluding carboxylic acids is 1. The van der Waals surface area contributed by atoms with Crippen LogP contribution in [-0.4, -0.2) is 25.9 Å². The predicted octanol–water partition coefficient (Wildman–Crippen LogP) is 2.54. The molecule has 2 aliphatic rings. The minimum Gasteiger partial charge on any atom is -0.369 e. The molecule has 3 N–H and O–H groups in total. The van der Waals surface area contributed by atoms with Gasteiger partial charge in [0.25, 0.3) is 0 Å². The molecular weight excluding hydrogens is 386 g/mol. The van der Waals surface area contributed by atoms with Crippen LogP contribution < -0.4 is 10.5 Å². The molecule has 2 atom stereocenters. The first-order chi connectivity index (χ1) is 13.9. The number of amides is 1. The molecule has 0 unspecified atom stereocenters. The van der Waals surface area contributed by atoms with Crippen molar-refractivity contribution in [2.75, 3.05) is 6.54 Å². The molecule has 2 fully saturated rings. The summed E-state index contributed by atoms with van der Waals surface area (Å²) < 4.78 is 27.8. The summed E-state index contributed by atoms with van der Waals surface area (Å²) in [7, 11) is -3.62. The van der Waals surface area contributed by atoms with E-state index in [0.717, 1.165) is 30.5 Å². The molecule has 2 aliphatic carbocycles. The van der Waals surface area contributed by atoms with E-state index in [1.54, 1.807) is 30.5 Å². The molecule has 4 rings (SSSR count). The standard InChI is InChI=1S/C22H27N3O3S/c23-21(26)22(15-20(22)16-5-1-2-6-16)17-8-10-19(11-9-17)29(27,28)25-14-12-18-7-3-4-13-24-18/h3-4,7-11,13,16,20,25H,1-2,5-6,12,14-15H2,(H2,23,26)/t20-,22-/m0/s1. The number of benzene rings is 1. The lowest BCUT2D eigenvalue weighted by atomic mass is 9.87. The van der Waals surface area contributed by atoms with Crippen molar-refractivity contribution in [1.29, 1.82) is 0 Å². The first-order valence-corrected chi connectivity index (χ1v) is 11.7. The smallest absolute Gasteiger partial charge is 0.240 e. The van der Waals surface area contributed by atoms with Crippen LogP contribution in [0.5, 0.6) is 0 Å². The van der Waals surface area contributed by atoms with Crippen LogP contribution in [0.3, 0.4) is 0 Å². The number of primary amides is 1. The van der Waals surface area contributed by atoms with Crippen molar-refractivity contribution in [2.45, 2.75) is 48.8 Å². The molecule has 2 aromatic rings. The normalized spacial score (nSPS) is 24.5. The Balaban J connectivity index is 1.44. The number of nitrogens with one attached hydrogen (secondary N) is 1. The van der Waals surface area contributed by atoms with Gasteiger partial charge in [-0.25, -0.2) is 13.1 Å². The maximum absolute atomic E-state index is 12.6. The summed E-state index contributed by atoms with van der Waals surface area (Å²) in [5.74, 6) is 0.555. The van der Waals surface area contributed by atoms with Crippen molar-refractivity contribution in [1.82, 2.24) is 9.71 Å². The summed E-state index contributed by atoms with van der Waals surface area (Å²) in [5.41, 5.74) is 6.85. The first-order valence-electron chi connectivity index (χ1n) is 10.2. The highest BCUT2D eigenvalue weighted by Gasteiger charge is 2.62. The molecule has 2 saturated carbocycles. The van der Waals surface area contributed by atoms with Gasteiger partial charge in [-0.15, -0.1) is 0 Å². The number of nitrogens with zero attached hydrogens (tertiary/aromatic N) is 1. The Labute approximate surface area is 172 Å². The topological polar surface area (TPSA) is 102 Å². The van der Waals surface area contributed by atoms with Gasteiger partial charge in [0.05, 0.1) is 10.3 Å². The molecule has 0 bridgehead atoms. The Kier molecular flexibility index (Phi) is 5.44. The highest BCUT2D eigenvalue weighted by atomic mass is 32.2. The van der Waals surface area contributed by atoms with E-state index in [1.807, 2.05) is 18.2 Å². The molecule has 0 aliphatic heterocycles. The van der Waals surface area contributed by atoms with E-state index in [9.17, 15) is 13.2 Å². The minimum atomic E-state index is -3.62. The monoisotopic (exact) mass is 413 g/mol. The van der Waals surface area contributed by atoms with Gasteiger partial charge in [0.1, 0.15) is 0 Å². The fourth-order valence-corrected chi connectivity index (χ4v) is 5.88. The van der Waals surface area contributed by atoms with Gasteiger partial charge in [-0.3, -0.25) is 9.78 Å². The highest BCUT2D eigenvalue weighted by molar-refractivity contribution is 7.89. The molecule has 1 aromatic heterocycles. The molecule has 154 valence electrons. The Morgan fingerprint density at radius 3 is 2.48 bits per heavy atom. The fourth-order valence-electron chi connectivity index (χ4n) is 4.85. The molecular formula is C22H27N3O3S. The molecule has 0 spiro atoms. The fraction of sp³-hybridized carbons (Fsp3) is 0.455. The van der Waals surface area contributed by atoms with Crippen molar-refractivity contribution in [3.05, 3.63) is 59.9 Å². The summed E-state index contributed by atoms with van der Waals surface area (Å²) in [4.78, 5) is 16.7. The summed E-state index contributed by atoms with van der Waals surface area (Å²) in [5, 5.41) is 0. The lowest BCUT2D eigenvalue weighted by Gasteiger charge is -2.18. The predicted molar refractivity (Wildman–Crippen MR) is 111 cm³/mol. The van der Waals surface area contributed by atoms with Crippen molar-refractivity contribution < 1.29 is 13.2 Å². The van der Waals surface area contributed by atoms with Gasteiger partial charge in [-0.05, 0) is 48.1 Å². The SMILES string of the molecule is NC(=O)[C@]1(c2ccc(S(=O)(=O)NCCc3ccccn3)cc2)C[C@H]1C1CCCC1. The van der Waals surface area contributed by atoms with Gasteiger partial charge >= 0.3 is 0 Å². The average Bonchev–Trinajstić information content (AvgIpc) is 3.25. The van der Waals surface area contributed by atoms with Crippen molar-refractivity contribution in [3.8, 4) is 0 Å². The summed E-state index contributed by atoms with van der Waals surface area (Å²) in [6.45, 7) is 0.274. The number of aromatic nitrogens is 1. The first kappa shape index (κ1) is 20.0. The van der Waals surface area contributed by atoms with Crippen LogP contribution in [0.1, 0.15) is 43.4 Å². The van der Waals surface area contributed by atoms with Gasteiger partial charge < -0.3 is 5.73 Å². The Morgan fingerprint density at radius 1 is 1.14 bits per heavy atom. The molecule has 0 saturated heterocycles. The molecule has 1 amide bonds. The number of rotatable bonds is 8. The quantitative estimate of drug-likeness (QED) is 0.694. The van der Waals surface area contributed by atoms with Crippen molar-refractivity contribution >= 4 is 15.9 Å². The van der Waals surface area contributed by atoms with Gasteiger partial charge in [0, 0.05) is 24.9 Å². The lowest BCUT2D eigenvalue weighted by molar-refractivity contribution is -0.121. The third-order valence-corrected chi connectivity index (χ3v) is 7.98. The third kappa shape index (κ3) is 3.94. The van der Waals surface area contributed by atoms with Crippen molar-refractivity contribution in [3.63, 3.8) is 0 Å². The summed E-state index contributed by atoms with van der Waals surface area (Å²) in [6, 6.07) is 12.2. The summed E-state index contributed by atoms with van der Waals surface area (Å²) >= 11 is 0. The summed E-state index contributed by atoms with van der Waals surface area (Å²) in [6.07, 6.45) is 7.74.